The standard InChI is InChI=1S/C22H28ClFN4O3/c1-21(2,3)31-20(29)27-8-11-12(9-27)13(11)16-14-17(28(26-16)10-6-7-10)15(24)19(23)25-18(14)22(4,5)30/h10-13,30H,6-9H2,1-5H3. The van der Waals surface area contributed by atoms with Gasteiger partial charge in [0.25, 0.3) is 0 Å². The third-order valence-electron chi connectivity index (χ3n) is 6.41. The van der Waals surface area contributed by atoms with Gasteiger partial charge in [0.1, 0.15) is 16.7 Å². The van der Waals surface area contributed by atoms with Gasteiger partial charge in [-0.15, -0.1) is 0 Å². The van der Waals surface area contributed by atoms with E-state index in [1.807, 2.05) is 20.8 Å². The summed E-state index contributed by atoms with van der Waals surface area (Å²) in [6.07, 6.45) is 1.58. The van der Waals surface area contributed by atoms with Crippen LogP contribution in [0.15, 0.2) is 0 Å². The van der Waals surface area contributed by atoms with Crippen LogP contribution in [0.2, 0.25) is 5.15 Å². The molecular formula is C22H28ClFN4O3. The molecule has 5 rings (SSSR count). The molecule has 2 aromatic rings. The van der Waals surface area contributed by atoms with Crippen molar-refractivity contribution in [1.82, 2.24) is 19.7 Å². The maximum absolute atomic E-state index is 15.1. The van der Waals surface area contributed by atoms with E-state index in [0.717, 1.165) is 18.5 Å². The van der Waals surface area contributed by atoms with Crippen LogP contribution in [-0.4, -0.2) is 49.6 Å². The number of aromatic nitrogens is 3. The van der Waals surface area contributed by atoms with E-state index in [1.54, 1.807) is 23.4 Å². The largest absolute Gasteiger partial charge is 0.444 e. The highest BCUT2D eigenvalue weighted by Gasteiger charge is 2.60. The first kappa shape index (κ1) is 20.9. The number of carbonyl (C=O) groups excluding carboxylic acids is 1. The summed E-state index contributed by atoms with van der Waals surface area (Å²) in [4.78, 5) is 18.4. The number of carbonyl (C=O) groups is 1. The molecule has 0 bridgehead atoms. The SMILES string of the molecule is CC(C)(C)OC(=O)N1CC2C(C1)C2c1nn(C2CC2)c2c(F)c(Cl)nc(C(C)(C)O)c12. The van der Waals surface area contributed by atoms with Gasteiger partial charge in [0.15, 0.2) is 11.0 Å². The maximum Gasteiger partial charge on any atom is 0.410 e. The van der Waals surface area contributed by atoms with Gasteiger partial charge in [-0.1, -0.05) is 11.6 Å². The van der Waals surface area contributed by atoms with Crippen LogP contribution >= 0.6 is 11.6 Å². The monoisotopic (exact) mass is 450 g/mol. The van der Waals surface area contributed by atoms with Crippen LogP contribution in [-0.2, 0) is 10.3 Å². The fourth-order valence-electron chi connectivity index (χ4n) is 4.86. The number of halogens is 2. The second-order valence-corrected chi connectivity index (χ2v) is 11.0. The average molecular weight is 451 g/mol. The molecule has 2 aliphatic carbocycles. The lowest BCUT2D eigenvalue weighted by molar-refractivity contribution is 0.0270. The van der Waals surface area contributed by atoms with Crippen LogP contribution in [0.5, 0.6) is 0 Å². The number of fused-ring (bicyclic) bond motifs is 2. The number of hydrogen-bond acceptors (Lipinski definition) is 5. The highest BCUT2D eigenvalue weighted by Crippen LogP contribution is 2.60. The van der Waals surface area contributed by atoms with E-state index in [9.17, 15) is 9.90 Å². The quantitative estimate of drug-likeness (QED) is 0.702. The van der Waals surface area contributed by atoms with Gasteiger partial charge in [-0.2, -0.15) is 5.10 Å². The summed E-state index contributed by atoms with van der Waals surface area (Å²) in [6.45, 7) is 9.98. The van der Waals surface area contributed by atoms with Gasteiger partial charge in [-0.3, -0.25) is 4.68 Å². The van der Waals surface area contributed by atoms with Crippen molar-refractivity contribution >= 4 is 28.6 Å². The molecule has 1 saturated heterocycles. The number of hydrogen-bond donors (Lipinski definition) is 1. The molecule has 3 aliphatic rings. The zero-order chi connectivity index (χ0) is 22.5. The topological polar surface area (TPSA) is 80.5 Å². The molecule has 3 heterocycles. The maximum atomic E-state index is 15.1. The summed E-state index contributed by atoms with van der Waals surface area (Å²) in [5, 5.41) is 15.9. The summed E-state index contributed by atoms with van der Waals surface area (Å²) in [5.74, 6) is -0.000462. The number of rotatable bonds is 3. The Kier molecular flexibility index (Phi) is 4.42. The van der Waals surface area contributed by atoms with E-state index in [-0.39, 0.29) is 35.0 Å². The summed E-state index contributed by atoms with van der Waals surface area (Å²) in [6, 6.07) is 0.149. The molecule has 3 fully saturated rings. The molecule has 2 unspecified atom stereocenters. The van der Waals surface area contributed by atoms with Crippen LogP contribution in [0.1, 0.15) is 70.8 Å². The van der Waals surface area contributed by atoms with Crippen LogP contribution in [0, 0.1) is 17.7 Å². The minimum atomic E-state index is -1.30. The lowest BCUT2D eigenvalue weighted by Gasteiger charge is -2.26. The Bertz CT molecular complexity index is 1070. The summed E-state index contributed by atoms with van der Waals surface area (Å²) >= 11 is 6.11. The van der Waals surface area contributed by atoms with Gasteiger partial charge in [-0.25, -0.2) is 14.2 Å². The lowest BCUT2D eigenvalue weighted by Crippen LogP contribution is -2.36. The molecule has 1 amide bonds. The highest BCUT2D eigenvalue weighted by molar-refractivity contribution is 6.30. The molecule has 1 N–H and O–H groups in total. The first-order chi connectivity index (χ1) is 14.4. The number of amides is 1. The second kappa shape index (κ2) is 6.54. The number of piperidine rings is 1. The highest BCUT2D eigenvalue weighted by atomic mass is 35.5. The lowest BCUT2D eigenvalue weighted by atomic mass is 9.97. The van der Waals surface area contributed by atoms with Gasteiger partial charge in [0, 0.05) is 19.0 Å². The fourth-order valence-corrected chi connectivity index (χ4v) is 5.04. The van der Waals surface area contributed by atoms with Gasteiger partial charge < -0.3 is 14.7 Å². The molecular weight excluding hydrogens is 423 g/mol. The van der Waals surface area contributed by atoms with Gasteiger partial charge in [0.05, 0.1) is 22.8 Å². The molecule has 0 aromatic carbocycles. The van der Waals surface area contributed by atoms with Crippen molar-refractivity contribution in [1.29, 1.82) is 0 Å². The fraction of sp³-hybridized carbons (Fsp3) is 0.682. The first-order valence-electron chi connectivity index (χ1n) is 10.8. The minimum absolute atomic E-state index is 0.102. The first-order valence-corrected chi connectivity index (χ1v) is 11.2. The molecule has 0 spiro atoms. The average Bonchev–Trinajstić information content (AvgIpc) is 3.51. The number of nitrogens with zero attached hydrogens (tertiary/aromatic N) is 4. The van der Waals surface area contributed by atoms with E-state index in [4.69, 9.17) is 21.4 Å². The molecule has 168 valence electrons. The van der Waals surface area contributed by atoms with Crippen molar-refractivity contribution in [2.24, 2.45) is 11.8 Å². The Balaban J connectivity index is 1.52. The van der Waals surface area contributed by atoms with Gasteiger partial charge in [-0.05, 0) is 59.3 Å². The zero-order valence-electron chi connectivity index (χ0n) is 18.4. The summed E-state index contributed by atoms with van der Waals surface area (Å²) < 4.78 is 22.4. The van der Waals surface area contributed by atoms with E-state index in [2.05, 4.69) is 4.98 Å². The molecule has 0 radical (unpaired) electrons. The minimum Gasteiger partial charge on any atom is -0.444 e. The molecule has 2 saturated carbocycles. The molecule has 2 aromatic heterocycles. The van der Waals surface area contributed by atoms with Crippen molar-refractivity contribution in [3.63, 3.8) is 0 Å². The van der Waals surface area contributed by atoms with Crippen molar-refractivity contribution in [3.05, 3.63) is 22.4 Å². The van der Waals surface area contributed by atoms with E-state index in [0.29, 0.717) is 29.7 Å². The van der Waals surface area contributed by atoms with Crippen molar-refractivity contribution in [2.45, 2.75) is 70.6 Å². The smallest absolute Gasteiger partial charge is 0.410 e. The Morgan fingerprint density at radius 2 is 1.81 bits per heavy atom. The Morgan fingerprint density at radius 1 is 1.19 bits per heavy atom. The zero-order valence-corrected chi connectivity index (χ0v) is 19.2. The Morgan fingerprint density at radius 3 is 2.32 bits per heavy atom. The molecule has 9 heteroatoms. The number of ether oxygens (including phenoxy) is 1. The molecule has 31 heavy (non-hydrogen) atoms. The summed E-state index contributed by atoms with van der Waals surface area (Å²) in [5.41, 5.74) is -0.379. The van der Waals surface area contributed by atoms with Crippen molar-refractivity contribution in [3.8, 4) is 0 Å². The predicted molar refractivity (Wildman–Crippen MR) is 114 cm³/mol. The molecule has 2 atom stereocenters. The Hall–Kier alpha value is -1.93. The van der Waals surface area contributed by atoms with Crippen molar-refractivity contribution < 1.29 is 19.0 Å². The normalized spacial score (nSPS) is 25.8. The second-order valence-electron chi connectivity index (χ2n) is 10.6. The third-order valence-corrected chi connectivity index (χ3v) is 6.66. The van der Waals surface area contributed by atoms with E-state index in [1.165, 1.54) is 0 Å². The van der Waals surface area contributed by atoms with Crippen LogP contribution in [0.4, 0.5) is 9.18 Å². The summed E-state index contributed by atoms with van der Waals surface area (Å²) in [7, 11) is 0. The molecule has 1 aliphatic heterocycles. The Labute approximate surface area is 185 Å². The van der Waals surface area contributed by atoms with E-state index >= 15 is 4.39 Å². The third kappa shape index (κ3) is 3.48. The predicted octanol–water partition coefficient (Wildman–Crippen LogP) is 4.37. The number of likely N-dealkylation sites (tertiary alicyclic amines) is 1. The van der Waals surface area contributed by atoms with Gasteiger partial charge in [0.2, 0.25) is 0 Å². The van der Waals surface area contributed by atoms with Crippen LogP contribution < -0.4 is 0 Å². The van der Waals surface area contributed by atoms with Crippen LogP contribution in [0.25, 0.3) is 10.9 Å². The molecule has 7 nitrogen and oxygen atoms in total. The number of pyridine rings is 1. The van der Waals surface area contributed by atoms with E-state index < -0.39 is 17.0 Å². The van der Waals surface area contributed by atoms with Crippen molar-refractivity contribution in [2.75, 3.05) is 13.1 Å². The van der Waals surface area contributed by atoms with Gasteiger partial charge >= 0.3 is 6.09 Å². The number of aliphatic hydroxyl groups is 1. The van der Waals surface area contributed by atoms with Crippen LogP contribution in [0.3, 0.4) is 0 Å².